The number of aryl methyl sites for hydroxylation is 1. The number of hydrogen-bond acceptors (Lipinski definition) is 5. The van der Waals surface area contributed by atoms with Crippen LogP contribution in [0.3, 0.4) is 0 Å². The van der Waals surface area contributed by atoms with Gasteiger partial charge in [-0.3, -0.25) is 14.6 Å². The fourth-order valence-corrected chi connectivity index (χ4v) is 2.41. The molecule has 0 spiro atoms. The minimum absolute atomic E-state index is 0.146. The van der Waals surface area contributed by atoms with Crippen LogP contribution in [0, 0.1) is 6.92 Å². The van der Waals surface area contributed by atoms with Gasteiger partial charge >= 0.3 is 0 Å². The van der Waals surface area contributed by atoms with E-state index in [1.54, 1.807) is 18.5 Å². The van der Waals surface area contributed by atoms with Crippen LogP contribution in [0.25, 0.3) is 11.3 Å². The van der Waals surface area contributed by atoms with Gasteiger partial charge in [-0.15, -0.1) is 0 Å². The highest BCUT2D eigenvalue weighted by molar-refractivity contribution is 5.93. The maximum absolute atomic E-state index is 12.1. The largest absolute Gasteiger partial charge is 0.355 e. The van der Waals surface area contributed by atoms with Gasteiger partial charge in [0.05, 0.1) is 0 Å². The van der Waals surface area contributed by atoms with Crippen molar-refractivity contribution in [3.63, 3.8) is 0 Å². The molecule has 0 aliphatic rings. The Morgan fingerprint density at radius 2 is 1.78 bits per heavy atom. The van der Waals surface area contributed by atoms with Crippen LogP contribution < -0.4 is 10.6 Å². The molecule has 2 amide bonds. The zero-order valence-corrected chi connectivity index (χ0v) is 14.9. The van der Waals surface area contributed by atoms with Crippen molar-refractivity contribution < 1.29 is 14.1 Å². The monoisotopic (exact) mass is 364 g/mol. The van der Waals surface area contributed by atoms with E-state index in [2.05, 4.69) is 20.8 Å². The molecule has 7 heteroatoms. The maximum atomic E-state index is 12.1. The first kappa shape index (κ1) is 18.3. The summed E-state index contributed by atoms with van der Waals surface area (Å²) >= 11 is 0. The van der Waals surface area contributed by atoms with E-state index in [-0.39, 0.29) is 30.5 Å². The van der Waals surface area contributed by atoms with Crippen molar-refractivity contribution in [2.45, 2.75) is 19.9 Å². The lowest BCUT2D eigenvalue weighted by Crippen LogP contribution is -2.30. The summed E-state index contributed by atoms with van der Waals surface area (Å²) < 4.78 is 5.23. The van der Waals surface area contributed by atoms with Crippen molar-refractivity contribution in [3.05, 3.63) is 71.7 Å². The van der Waals surface area contributed by atoms with Crippen LogP contribution in [0.4, 0.5) is 0 Å². The molecule has 3 aromatic rings. The summed E-state index contributed by atoms with van der Waals surface area (Å²) in [4.78, 5) is 27.9. The third kappa shape index (κ3) is 5.24. The lowest BCUT2D eigenvalue weighted by Gasteiger charge is -2.05. The van der Waals surface area contributed by atoms with Crippen molar-refractivity contribution in [1.29, 1.82) is 0 Å². The van der Waals surface area contributed by atoms with Gasteiger partial charge < -0.3 is 15.2 Å². The van der Waals surface area contributed by atoms with Crippen LogP contribution in [-0.2, 0) is 11.3 Å². The van der Waals surface area contributed by atoms with E-state index in [1.165, 1.54) is 0 Å². The smallest absolute Gasteiger partial charge is 0.273 e. The van der Waals surface area contributed by atoms with Crippen LogP contribution >= 0.6 is 0 Å². The topological polar surface area (TPSA) is 97.1 Å². The first-order valence-corrected chi connectivity index (χ1v) is 8.59. The van der Waals surface area contributed by atoms with Gasteiger partial charge in [-0.25, -0.2) is 0 Å². The second kappa shape index (κ2) is 8.75. The van der Waals surface area contributed by atoms with Crippen molar-refractivity contribution in [3.8, 4) is 11.3 Å². The molecule has 0 aliphatic carbocycles. The Kier molecular flexibility index (Phi) is 5.94. The Morgan fingerprint density at radius 3 is 2.52 bits per heavy atom. The SMILES string of the molecule is Cc1ccc(-c2cc(C(=O)NCCC(=O)NCc3ccncc3)no2)cc1. The molecule has 138 valence electrons. The lowest BCUT2D eigenvalue weighted by atomic mass is 10.1. The van der Waals surface area contributed by atoms with Gasteiger partial charge in [0.25, 0.3) is 5.91 Å². The average molecular weight is 364 g/mol. The number of carbonyl (C=O) groups excluding carboxylic acids is 2. The first-order valence-electron chi connectivity index (χ1n) is 8.59. The van der Waals surface area contributed by atoms with Crippen molar-refractivity contribution >= 4 is 11.8 Å². The Balaban J connectivity index is 1.44. The Hall–Kier alpha value is -3.48. The molecule has 7 nitrogen and oxygen atoms in total. The van der Waals surface area contributed by atoms with Gasteiger partial charge in [-0.1, -0.05) is 35.0 Å². The summed E-state index contributed by atoms with van der Waals surface area (Å²) in [7, 11) is 0. The summed E-state index contributed by atoms with van der Waals surface area (Å²) in [5.74, 6) is 0.00176. The van der Waals surface area contributed by atoms with Crippen LogP contribution in [-0.4, -0.2) is 28.5 Å². The number of nitrogens with zero attached hydrogens (tertiary/aromatic N) is 2. The number of amides is 2. The van der Waals surface area contributed by atoms with Gasteiger partial charge in [0.2, 0.25) is 5.91 Å². The highest BCUT2D eigenvalue weighted by atomic mass is 16.5. The van der Waals surface area contributed by atoms with Gasteiger partial charge in [0, 0.05) is 43.5 Å². The van der Waals surface area contributed by atoms with E-state index in [0.717, 1.165) is 16.7 Å². The second-order valence-electron chi connectivity index (χ2n) is 6.08. The van der Waals surface area contributed by atoms with E-state index < -0.39 is 0 Å². The van der Waals surface area contributed by atoms with E-state index in [0.29, 0.717) is 12.3 Å². The Labute approximate surface area is 156 Å². The highest BCUT2D eigenvalue weighted by Gasteiger charge is 2.13. The fourth-order valence-electron chi connectivity index (χ4n) is 2.41. The average Bonchev–Trinajstić information content (AvgIpc) is 3.18. The van der Waals surface area contributed by atoms with Gasteiger partial charge in [0.1, 0.15) is 0 Å². The quantitative estimate of drug-likeness (QED) is 0.671. The van der Waals surface area contributed by atoms with Crippen molar-refractivity contribution in [2.24, 2.45) is 0 Å². The number of hydrogen-bond donors (Lipinski definition) is 2. The molecule has 2 aromatic heterocycles. The number of pyridine rings is 1. The van der Waals surface area contributed by atoms with Gasteiger partial charge in [-0.2, -0.15) is 0 Å². The van der Waals surface area contributed by atoms with E-state index in [9.17, 15) is 9.59 Å². The molecule has 0 bridgehead atoms. The second-order valence-corrected chi connectivity index (χ2v) is 6.08. The van der Waals surface area contributed by atoms with Crippen LogP contribution in [0.15, 0.2) is 59.4 Å². The van der Waals surface area contributed by atoms with E-state index in [1.807, 2.05) is 43.3 Å². The van der Waals surface area contributed by atoms with Crippen LogP contribution in [0.5, 0.6) is 0 Å². The molecule has 2 N–H and O–H groups in total. The predicted molar refractivity (Wildman–Crippen MR) is 99.7 cm³/mol. The minimum atomic E-state index is -0.376. The number of carbonyl (C=O) groups is 2. The van der Waals surface area contributed by atoms with Crippen molar-refractivity contribution in [2.75, 3.05) is 6.54 Å². The minimum Gasteiger partial charge on any atom is -0.355 e. The fraction of sp³-hybridized carbons (Fsp3) is 0.200. The van der Waals surface area contributed by atoms with E-state index >= 15 is 0 Å². The standard InChI is InChI=1S/C20H20N4O3/c1-14-2-4-16(5-3-14)18-12-17(24-27-18)20(26)22-11-8-19(25)23-13-15-6-9-21-10-7-15/h2-7,9-10,12H,8,11,13H2,1H3,(H,22,26)(H,23,25). The molecule has 1 aromatic carbocycles. The van der Waals surface area contributed by atoms with Gasteiger partial charge in [0.15, 0.2) is 11.5 Å². The molecule has 0 atom stereocenters. The third-order valence-electron chi connectivity index (χ3n) is 3.96. The molecule has 27 heavy (non-hydrogen) atoms. The summed E-state index contributed by atoms with van der Waals surface area (Å²) in [5.41, 5.74) is 3.14. The Morgan fingerprint density at radius 1 is 1.04 bits per heavy atom. The predicted octanol–water partition coefficient (Wildman–Crippen LogP) is 2.48. The molecule has 0 radical (unpaired) electrons. The molecular formula is C20H20N4O3. The molecule has 0 saturated carbocycles. The zero-order valence-electron chi connectivity index (χ0n) is 14.9. The normalized spacial score (nSPS) is 10.4. The number of rotatable bonds is 7. The molecule has 0 unspecified atom stereocenters. The molecule has 2 heterocycles. The van der Waals surface area contributed by atoms with Gasteiger partial charge in [-0.05, 0) is 24.6 Å². The van der Waals surface area contributed by atoms with E-state index in [4.69, 9.17) is 4.52 Å². The van der Waals surface area contributed by atoms with Crippen LogP contribution in [0.1, 0.15) is 28.0 Å². The molecule has 0 fully saturated rings. The highest BCUT2D eigenvalue weighted by Crippen LogP contribution is 2.20. The number of nitrogens with one attached hydrogen (secondary N) is 2. The third-order valence-corrected chi connectivity index (χ3v) is 3.96. The van der Waals surface area contributed by atoms with Crippen LogP contribution in [0.2, 0.25) is 0 Å². The molecule has 0 saturated heterocycles. The zero-order chi connectivity index (χ0) is 19.1. The summed E-state index contributed by atoms with van der Waals surface area (Å²) in [5, 5.41) is 9.26. The van der Waals surface area contributed by atoms with Crippen molar-refractivity contribution in [1.82, 2.24) is 20.8 Å². The summed E-state index contributed by atoms with van der Waals surface area (Å²) in [6.45, 7) is 2.64. The maximum Gasteiger partial charge on any atom is 0.273 e. The molecular weight excluding hydrogens is 344 g/mol. The Bertz CT molecular complexity index is 904. The summed E-state index contributed by atoms with van der Waals surface area (Å²) in [6, 6.07) is 13.0. The lowest BCUT2D eigenvalue weighted by molar-refractivity contribution is -0.121. The summed E-state index contributed by atoms with van der Waals surface area (Å²) in [6.07, 6.45) is 3.52. The number of benzene rings is 1. The molecule has 0 aliphatic heterocycles. The molecule has 3 rings (SSSR count). The number of aromatic nitrogens is 2. The first-order chi connectivity index (χ1) is 13.1.